The molecule has 3 nitrogen and oxygen atoms in total. The summed E-state index contributed by atoms with van der Waals surface area (Å²) in [6, 6.07) is 40.4. The summed E-state index contributed by atoms with van der Waals surface area (Å²) in [5.41, 5.74) is 4.19. The maximum atomic E-state index is 15.3. The fourth-order valence-corrected chi connectivity index (χ4v) is 8.04. The van der Waals surface area contributed by atoms with Gasteiger partial charge in [-0.15, -0.1) is 0 Å². The van der Waals surface area contributed by atoms with Crippen LogP contribution in [0.15, 0.2) is 134 Å². The lowest BCUT2D eigenvalue weighted by atomic mass is 10.00. The summed E-state index contributed by atoms with van der Waals surface area (Å²) in [5, 5.41) is 4.38. The third-order valence-electron chi connectivity index (χ3n) is 7.00. The van der Waals surface area contributed by atoms with E-state index in [1.807, 2.05) is 91.1 Å². The lowest BCUT2D eigenvalue weighted by molar-refractivity contribution is 0.486. The summed E-state index contributed by atoms with van der Waals surface area (Å²) in [7, 11) is -3.20. The quantitative estimate of drug-likeness (QED) is 0.241. The molecule has 1 unspecified atom stereocenters. The zero-order chi connectivity index (χ0) is 24.8. The molecule has 1 atom stereocenters. The molecule has 4 heteroatoms. The first kappa shape index (κ1) is 21.8. The lowest BCUT2D eigenvalue weighted by Crippen LogP contribution is -2.30. The van der Waals surface area contributed by atoms with Gasteiger partial charge in [0.05, 0.1) is 10.6 Å². The number of hydrogen-bond acceptors (Lipinski definition) is 3. The molecule has 1 aromatic heterocycles. The van der Waals surface area contributed by atoms with Crippen LogP contribution in [-0.2, 0) is 4.57 Å². The molecule has 0 radical (unpaired) electrons. The smallest absolute Gasteiger partial charge is 0.178 e. The van der Waals surface area contributed by atoms with Crippen LogP contribution in [-0.4, -0.2) is 4.98 Å². The Morgan fingerprint density at radius 1 is 0.541 bits per heavy atom. The molecule has 0 bridgehead atoms. The molecule has 0 saturated carbocycles. The third kappa shape index (κ3) is 3.59. The number of hydrogen-bond donors (Lipinski definition) is 0. The topological polar surface area (TPSA) is 39.2 Å². The van der Waals surface area contributed by atoms with Gasteiger partial charge < -0.3 is 9.30 Å². The summed E-state index contributed by atoms with van der Waals surface area (Å²) in [6.45, 7) is 0. The van der Waals surface area contributed by atoms with Gasteiger partial charge in [-0.25, -0.2) is 0 Å². The zero-order valence-corrected chi connectivity index (χ0v) is 20.8. The average Bonchev–Trinajstić information content (AvgIpc) is 2.97. The molecular formula is C33H22NO2P. The van der Waals surface area contributed by atoms with Gasteiger partial charge in [0.1, 0.15) is 11.5 Å². The van der Waals surface area contributed by atoms with Crippen LogP contribution in [0.2, 0.25) is 0 Å². The second-order valence-corrected chi connectivity index (χ2v) is 11.9. The van der Waals surface area contributed by atoms with Gasteiger partial charge in [-0.1, -0.05) is 84.9 Å². The van der Waals surface area contributed by atoms with Crippen molar-refractivity contribution in [2.75, 3.05) is 0 Å². The Labute approximate surface area is 215 Å². The van der Waals surface area contributed by atoms with Crippen molar-refractivity contribution in [3.63, 3.8) is 0 Å². The van der Waals surface area contributed by atoms with Crippen molar-refractivity contribution in [2.45, 2.75) is 0 Å². The molecule has 176 valence electrons. The van der Waals surface area contributed by atoms with Crippen LogP contribution in [0.3, 0.4) is 0 Å². The van der Waals surface area contributed by atoms with Crippen LogP contribution in [0.5, 0.6) is 11.5 Å². The van der Waals surface area contributed by atoms with Crippen molar-refractivity contribution < 1.29 is 9.30 Å². The largest absolute Gasteiger partial charge is 0.456 e. The van der Waals surface area contributed by atoms with Gasteiger partial charge in [-0.05, 0) is 63.9 Å². The maximum absolute atomic E-state index is 15.3. The van der Waals surface area contributed by atoms with Gasteiger partial charge >= 0.3 is 0 Å². The number of fused-ring (bicyclic) bond motifs is 3. The second-order valence-electron chi connectivity index (χ2n) is 9.22. The predicted octanol–water partition coefficient (Wildman–Crippen LogP) is 7.31. The summed E-state index contributed by atoms with van der Waals surface area (Å²) in [5.74, 6) is 1.30. The summed E-state index contributed by atoms with van der Waals surface area (Å²) < 4.78 is 21.7. The van der Waals surface area contributed by atoms with E-state index in [4.69, 9.17) is 4.74 Å². The first-order chi connectivity index (χ1) is 18.2. The minimum Gasteiger partial charge on any atom is -0.456 e. The van der Waals surface area contributed by atoms with Crippen LogP contribution >= 0.6 is 7.14 Å². The predicted molar refractivity (Wildman–Crippen MR) is 152 cm³/mol. The van der Waals surface area contributed by atoms with E-state index in [1.165, 1.54) is 0 Å². The minimum atomic E-state index is -3.20. The van der Waals surface area contributed by atoms with E-state index in [0.29, 0.717) is 11.5 Å². The number of aromatic nitrogens is 1. The van der Waals surface area contributed by atoms with Gasteiger partial charge in [-0.2, -0.15) is 0 Å². The first-order valence-corrected chi connectivity index (χ1v) is 13.9. The zero-order valence-electron chi connectivity index (χ0n) is 19.9. The van der Waals surface area contributed by atoms with Gasteiger partial charge in [-0.3, -0.25) is 4.98 Å². The van der Waals surface area contributed by atoms with Crippen LogP contribution < -0.4 is 20.7 Å². The standard InChI is InChI=1S/C33H22NO2P/c35-37(29-13-2-1-3-14-29)32-21-27(23-10-6-11-24(18-23)28-12-7-17-34-22-28)15-16-30(32)36-31-19-25-8-4-5-9-26(25)20-33(31)37/h1-22H. The van der Waals surface area contributed by atoms with Crippen LogP contribution in [0, 0.1) is 0 Å². The van der Waals surface area contributed by atoms with Gasteiger partial charge in [0.2, 0.25) is 0 Å². The Bertz CT molecular complexity index is 1830. The van der Waals surface area contributed by atoms with Crippen LogP contribution in [0.1, 0.15) is 0 Å². The number of nitrogens with zero attached hydrogens (tertiary/aromatic N) is 1. The van der Waals surface area contributed by atoms with E-state index in [9.17, 15) is 0 Å². The molecule has 0 fully saturated rings. The minimum absolute atomic E-state index is 0.641. The molecule has 1 aliphatic rings. The Morgan fingerprint density at radius 3 is 2.00 bits per heavy atom. The fourth-order valence-electron chi connectivity index (χ4n) is 5.14. The highest BCUT2D eigenvalue weighted by atomic mass is 31.2. The molecule has 2 heterocycles. The van der Waals surface area contributed by atoms with E-state index in [2.05, 4.69) is 41.4 Å². The molecule has 1 aliphatic heterocycles. The summed E-state index contributed by atoms with van der Waals surface area (Å²) in [4.78, 5) is 4.26. The third-order valence-corrected chi connectivity index (χ3v) is 10.1. The molecule has 0 spiro atoms. The van der Waals surface area contributed by atoms with Crippen LogP contribution in [0.25, 0.3) is 33.0 Å². The number of rotatable bonds is 3. The molecule has 0 amide bonds. The summed E-state index contributed by atoms with van der Waals surface area (Å²) >= 11 is 0. The van der Waals surface area contributed by atoms with Crippen molar-refractivity contribution in [1.82, 2.24) is 4.98 Å². The number of benzene rings is 5. The van der Waals surface area contributed by atoms with Crippen molar-refractivity contribution in [1.29, 1.82) is 0 Å². The highest BCUT2D eigenvalue weighted by molar-refractivity contribution is 7.85. The summed E-state index contributed by atoms with van der Waals surface area (Å²) in [6.07, 6.45) is 3.64. The SMILES string of the molecule is O=P1(c2ccccc2)c2cc(-c3cccc(-c4cccnc4)c3)ccc2Oc2cc3ccccc3cc21. The molecule has 7 rings (SSSR count). The molecule has 5 aromatic carbocycles. The monoisotopic (exact) mass is 495 g/mol. The molecule has 37 heavy (non-hydrogen) atoms. The van der Waals surface area contributed by atoms with Crippen molar-refractivity contribution in [3.05, 3.63) is 134 Å². The molecule has 0 N–H and O–H groups in total. The highest BCUT2D eigenvalue weighted by Crippen LogP contribution is 2.52. The molecule has 6 aromatic rings. The lowest BCUT2D eigenvalue weighted by Gasteiger charge is -2.30. The van der Waals surface area contributed by atoms with Crippen LogP contribution in [0.4, 0.5) is 0 Å². The maximum Gasteiger partial charge on any atom is 0.178 e. The highest BCUT2D eigenvalue weighted by Gasteiger charge is 2.39. The van der Waals surface area contributed by atoms with Crippen molar-refractivity contribution in [2.24, 2.45) is 0 Å². The van der Waals surface area contributed by atoms with Gasteiger partial charge in [0.15, 0.2) is 7.14 Å². The van der Waals surface area contributed by atoms with Crippen molar-refractivity contribution >= 4 is 33.8 Å². The normalized spacial score (nSPS) is 16.0. The molecule has 0 aliphatic carbocycles. The van der Waals surface area contributed by atoms with E-state index in [1.54, 1.807) is 6.20 Å². The Morgan fingerprint density at radius 2 is 1.22 bits per heavy atom. The van der Waals surface area contributed by atoms with E-state index < -0.39 is 7.14 Å². The average molecular weight is 496 g/mol. The van der Waals surface area contributed by atoms with Crippen molar-refractivity contribution in [3.8, 4) is 33.8 Å². The number of pyridine rings is 1. The first-order valence-electron chi connectivity index (χ1n) is 12.2. The Hall–Kier alpha value is -4.46. The van der Waals surface area contributed by atoms with E-state index >= 15 is 4.57 Å². The Kier molecular flexibility index (Phi) is 5.06. The van der Waals surface area contributed by atoms with Gasteiger partial charge in [0.25, 0.3) is 0 Å². The van der Waals surface area contributed by atoms with Gasteiger partial charge in [0, 0.05) is 23.3 Å². The second kappa shape index (κ2) is 8.58. The molecule has 0 saturated heterocycles. The fraction of sp³-hybridized carbons (Fsp3) is 0. The van der Waals surface area contributed by atoms with E-state index in [0.717, 1.165) is 48.9 Å². The van der Waals surface area contributed by atoms with E-state index in [-0.39, 0.29) is 0 Å². The number of ether oxygens (including phenoxy) is 1. The molecular weight excluding hydrogens is 473 g/mol. The Balaban J connectivity index is 1.44.